The standard InChI is InChI=1S/C26H29Cl3N4O9S/c1-13(35)41-20(32-19(36)16(14-8-6-5-7-9-14)31-24(39)40-11-26(27,28)29)15-10-43-22-17(30-12-34)21(37)33(22)18(15)23(38)42-25(2,3)4/h5-9,12,16-17,20,22H,10-11H2,1-4H3,(H,30,34)(H,31,39)(H,32,36)/t16?,17-,20?,22+/m0/s1. The molecule has 0 saturated carbocycles. The summed E-state index contributed by atoms with van der Waals surface area (Å²) in [5.74, 6) is -3.22. The van der Waals surface area contributed by atoms with Gasteiger partial charge >= 0.3 is 18.0 Å². The van der Waals surface area contributed by atoms with Crippen LogP contribution in [0.15, 0.2) is 41.6 Å². The van der Waals surface area contributed by atoms with E-state index in [1.807, 2.05) is 0 Å². The average molecular weight is 680 g/mol. The van der Waals surface area contributed by atoms with Crippen molar-refractivity contribution in [1.29, 1.82) is 0 Å². The van der Waals surface area contributed by atoms with E-state index in [2.05, 4.69) is 16.0 Å². The third-order valence-electron chi connectivity index (χ3n) is 5.74. The molecule has 1 fully saturated rings. The highest BCUT2D eigenvalue weighted by molar-refractivity contribution is 8.00. The Kier molecular flexibility index (Phi) is 11.2. The van der Waals surface area contributed by atoms with E-state index < -0.39 is 69.5 Å². The zero-order valence-corrected chi connectivity index (χ0v) is 26.4. The Hall–Kier alpha value is -3.20. The molecule has 2 unspecified atom stereocenters. The van der Waals surface area contributed by atoms with Gasteiger partial charge in [-0.25, -0.2) is 9.59 Å². The van der Waals surface area contributed by atoms with Gasteiger partial charge in [-0.15, -0.1) is 11.8 Å². The average Bonchev–Trinajstić information content (AvgIpc) is 2.91. The van der Waals surface area contributed by atoms with Gasteiger partial charge in [-0.1, -0.05) is 65.1 Å². The molecule has 0 aromatic heterocycles. The largest absolute Gasteiger partial charge is 0.455 e. The van der Waals surface area contributed by atoms with Gasteiger partial charge in [0.25, 0.3) is 5.91 Å². The van der Waals surface area contributed by atoms with E-state index in [0.29, 0.717) is 12.0 Å². The van der Waals surface area contributed by atoms with Crippen LogP contribution in [-0.2, 0) is 38.2 Å². The Labute approximate surface area is 266 Å². The molecule has 3 N–H and O–H groups in total. The highest BCUT2D eigenvalue weighted by atomic mass is 35.6. The lowest BCUT2D eigenvalue weighted by atomic mass is 10.0. The summed E-state index contributed by atoms with van der Waals surface area (Å²) in [6.45, 7) is 5.34. The molecule has 43 heavy (non-hydrogen) atoms. The summed E-state index contributed by atoms with van der Waals surface area (Å²) in [4.78, 5) is 76.9. The van der Waals surface area contributed by atoms with E-state index in [9.17, 15) is 28.8 Å². The molecular weight excluding hydrogens is 651 g/mol. The molecule has 0 radical (unpaired) electrons. The van der Waals surface area contributed by atoms with Gasteiger partial charge in [0.05, 0.1) is 0 Å². The summed E-state index contributed by atoms with van der Waals surface area (Å²) in [5.41, 5.74) is -0.861. The molecule has 1 aromatic carbocycles. The van der Waals surface area contributed by atoms with E-state index in [0.717, 1.165) is 11.8 Å². The highest BCUT2D eigenvalue weighted by Gasteiger charge is 2.55. The number of esters is 2. The number of ether oxygens (including phenoxy) is 3. The third-order valence-corrected chi connectivity index (χ3v) is 7.36. The monoisotopic (exact) mass is 678 g/mol. The Morgan fingerprint density at radius 1 is 1.12 bits per heavy atom. The van der Waals surface area contributed by atoms with Crippen molar-refractivity contribution in [2.45, 2.75) is 60.8 Å². The smallest absolute Gasteiger partial charge is 0.408 e. The number of carbonyl (C=O) groups excluding carboxylic acids is 6. The number of nitrogens with zero attached hydrogens (tertiary/aromatic N) is 1. The normalized spacial score (nSPS) is 19.6. The van der Waals surface area contributed by atoms with Crippen LogP contribution in [0.5, 0.6) is 0 Å². The summed E-state index contributed by atoms with van der Waals surface area (Å²) in [6.07, 6.45) is -2.29. The van der Waals surface area contributed by atoms with Crippen LogP contribution in [0, 0.1) is 0 Å². The second-order valence-electron chi connectivity index (χ2n) is 10.2. The molecular formula is C26H29Cl3N4O9S. The van der Waals surface area contributed by atoms with Crippen LogP contribution >= 0.6 is 46.6 Å². The van der Waals surface area contributed by atoms with Gasteiger partial charge in [-0.3, -0.25) is 24.1 Å². The van der Waals surface area contributed by atoms with E-state index in [1.54, 1.807) is 51.1 Å². The number of benzene rings is 1. The van der Waals surface area contributed by atoms with Crippen LogP contribution in [-0.4, -0.2) is 80.6 Å². The van der Waals surface area contributed by atoms with E-state index >= 15 is 0 Å². The van der Waals surface area contributed by atoms with Crippen molar-refractivity contribution in [3.63, 3.8) is 0 Å². The number of alkyl carbamates (subject to hydrolysis) is 1. The Balaban J connectivity index is 2.00. The van der Waals surface area contributed by atoms with Gasteiger partial charge in [0.2, 0.25) is 22.3 Å². The van der Waals surface area contributed by atoms with Crippen molar-refractivity contribution in [2.75, 3.05) is 12.4 Å². The van der Waals surface area contributed by atoms with E-state index in [-0.39, 0.29) is 17.0 Å². The maximum Gasteiger partial charge on any atom is 0.408 e. The highest BCUT2D eigenvalue weighted by Crippen LogP contribution is 2.42. The first-order valence-electron chi connectivity index (χ1n) is 12.7. The van der Waals surface area contributed by atoms with Gasteiger partial charge < -0.3 is 30.2 Å². The maximum atomic E-state index is 13.7. The zero-order valence-electron chi connectivity index (χ0n) is 23.4. The molecule has 0 bridgehead atoms. The minimum atomic E-state index is -1.90. The molecule has 1 saturated heterocycles. The number of hydrogen-bond acceptors (Lipinski definition) is 10. The molecule has 3 rings (SSSR count). The molecule has 0 spiro atoms. The third kappa shape index (κ3) is 9.15. The number of halogens is 3. The van der Waals surface area contributed by atoms with Gasteiger partial charge in [-0.05, 0) is 26.3 Å². The first-order valence-corrected chi connectivity index (χ1v) is 14.8. The van der Waals surface area contributed by atoms with Crippen molar-refractivity contribution in [2.24, 2.45) is 0 Å². The van der Waals surface area contributed by atoms with Gasteiger partial charge in [-0.2, -0.15) is 0 Å². The molecule has 0 aliphatic carbocycles. The predicted molar refractivity (Wildman–Crippen MR) is 157 cm³/mol. The van der Waals surface area contributed by atoms with Crippen LogP contribution in [0.2, 0.25) is 0 Å². The van der Waals surface area contributed by atoms with Crippen molar-refractivity contribution in [3.05, 3.63) is 47.2 Å². The number of β-lactam (4-membered cyclic amide) rings is 1. The molecule has 2 aliphatic heterocycles. The molecule has 2 heterocycles. The molecule has 13 nitrogen and oxygen atoms in total. The van der Waals surface area contributed by atoms with E-state index in [4.69, 9.17) is 49.0 Å². The van der Waals surface area contributed by atoms with Crippen LogP contribution in [0.4, 0.5) is 4.79 Å². The second kappa shape index (κ2) is 14.1. The molecule has 17 heteroatoms. The van der Waals surface area contributed by atoms with Crippen molar-refractivity contribution >= 4 is 82.8 Å². The molecule has 2 aliphatic rings. The summed E-state index contributed by atoms with van der Waals surface area (Å²) < 4.78 is 14.0. The fourth-order valence-corrected chi connectivity index (χ4v) is 5.62. The number of hydrogen-bond donors (Lipinski definition) is 3. The van der Waals surface area contributed by atoms with Gasteiger partial charge in [0.1, 0.15) is 35.4 Å². The fourth-order valence-electron chi connectivity index (χ4n) is 4.07. The Morgan fingerprint density at radius 2 is 1.77 bits per heavy atom. The molecule has 234 valence electrons. The summed E-state index contributed by atoms with van der Waals surface area (Å²) >= 11 is 18.1. The van der Waals surface area contributed by atoms with Crippen molar-refractivity contribution in [3.8, 4) is 0 Å². The lowest BCUT2D eigenvalue weighted by molar-refractivity contribution is -0.159. The lowest BCUT2D eigenvalue weighted by Crippen LogP contribution is -2.70. The SMILES string of the molecule is CC(=O)OC(NC(=O)C(NC(=O)OCC(Cl)(Cl)Cl)c1ccccc1)C1=C(C(=O)OC(C)(C)C)N2C(=O)[C@H](NC=O)[C@H]2SC1. The maximum absolute atomic E-state index is 13.7. The first-order chi connectivity index (χ1) is 20.0. The number of thioether (sulfide) groups is 1. The van der Waals surface area contributed by atoms with Crippen LogP contribution in [0.25, 0.3) is 0 Å². The van der Waals surface area contributed by atoms with Crippen molar-refractivity contribution < 1.29 is 43.0 Å². The summed E-state index contributed by atoms with van der Waals surface area (Å²) in [6, 6.07) is 5.72. The number of amides is 4. The number of carbonyl (C=O) groups is 6. The van der Waals surface area contributed by atoms with E-state index in [1.165, 1.54) is 11.8 Å². The number of rotatable bonds is 10. The lowest BCUT2D eigenvalue weighted by Gasteiger charge is -2.50. The fraction of sp³-hybridized carbons (Fsp3) is 0.462. The second-order valence-corrected chi connectivity index (χ2v) is 13.8. The molecule has 4 amide bonds. The minimum absolute atomic E-state index is 0.00693. The molecule has 4 atom stereocenters. The minimum Gasteiger partial charge on any atom is -0.455 e. The summed E-state index contributed by atoms with van der Waals surface area (Å²) in [7, 11) is 0. The van der Waals surface area contributed by atoms with Gasteiger partial charge in [0.15, 0.2) is 0 Å². The Bertz CT molecular complexity index is 1300. The van der Waals surface area contributed by atoms with Crippen LogP contribution in [0.3, 0.4) is 0 Å². The quantitative estimate of drug-likeness (QED) is 0.0834. The zero-order chi connectivity index (χ0) is 32.1. The number of nitrogens with one attached hydrogen (secondary N) is 3. The first kappa shape index (κ1) is 34.3. The van der Waals surface area contributed by atoms with Crippen molar-refractivity contribution in [1.82, 2.24) is 20.9 Å². The van der Waals surface area contributed by atoms with Crippen LogP contribution < -0.4 is 16.0 Å². The Morgan fingerprint density at radius 3 is 2.33 bits per heavy atom. The number of alkyl halides is 3. The van der Waals surface area contributed by atoms with Gasteiger partial charge in [0, 0.05) is 18.2 Å². The molecule has 1 aromatic rings. The summed E-state index contributed by atoms with van der Waals surface area (Å²) in [5, 5.41) is 6.68. The number of fused-ring (bicyclic) bond motifs is 1. The van der Waals surface area contributed by atoms with Crippen LogP contribution in [0.1, 0.15) is 39.3 Å². The topological polar surface area (TPSA) is 169 Å². The predicted octanol–water partition coefficient (Wildman–Crippen LogP) is 2.46.